The minimum Gasteiger partial charge on any atom is -0.493 e. The molecule has 0 spiro atoms. The molecular weight excluding hydrogens is 242 g/mol. The molecule has 0 radical (unpaired) electrons. The number of hydrogen-bond acceptors (Lipinski definition) is 4. The highest BCUT2D eigenvalue weighted by Gasteiger charge is 2.35. The van der Waals surface area contributed by atoms with Crippen molar-refractivity contribution < 1.29 is 14.6 Å². The third-order valence-electron chi connectivity index (χ3n) is 4.24. The van der Waals surface area contributed by atoms with Crippen molar-refractivity contribution >= 4 is 0 Å². The van der Waals surface area contributed by atoms with Crippen molar-refractivity contribution in [3.05, 3.63) is 23.8 Å². The van der Waals surface area contributed by atoms with Crippen LogP contribution in [-0.2, 0) is 5.41 Å². The zero-order valence-electron chi connectivity index (χ0n) is 12.0. The molecule has 1 aromatic carbocycles. The second kappa shape index (κ2) is 5.80. The van der Waals surface area contributed by atoms with Gasteiger partial charge in [-0.3, -0.25) is 0 Å². The molecular formula is C15H23NO3. The highest BCUT2D eigenvalue weighted by atomic mass is 16.5. The van der Waals surface area contributed by atoms with Crippen LogP contribution >= 0.6 is 0 Å². The SMILES string of the molecule is COc1ccc(C2(CO)CCN(C)CC2)cc1OC. The number of ether oxygens (including phenoxy) is 2. The summed E-state index contributed by atoms with van der Waals surface area (Å²) < 4.78 is 10.6. The maximum absolute atomic E-state index is 9.88. The summed E-state index contributed by atoms with van der Waals surface area (Å²) in [6.07, 6.45) is 1.94. The van der Waals surface area contributed by atoms with Gasteiger partial charge in [-0.15, -0.1) is 0 Å². The molecule has 1 aliphatic heterocycles. The molecule has 0 amide bonds. The molecule has 19 heavy (non-hydrogen) atoms. The molecule has 0 unspecified atom stereocenters. The van der Waals surface area contributed by atoms with Crippen LogP contribution in [0.1, 0.15) is 18.4 Å². The topological polar surface area (TPSA) is 41.9 Å². The fourth-order valence-electron chi connectivity index (χ4n) is 2.75. The first-order valence-corrected chi connectivity index (χ1v) is 6.67. The number of rotatable bonds is 4. The molecule has 1 aliphatic rings. The van der Waals surface area contributed by atoms with Gasteiger partial charge in [0.15, 0.2) is 11.5 Å². The summed E-state index contributed by atoms with van der Waals surface area (Å²) in [4.78, 5) is 2.30. The van der Waals surface area contributed by atoms with E-state index < -0.39 is 0 Å². The zero-order chi connectivity index (χ0) is 13.9. The van der Waals surface area contributed by atoms with Gasteiger partial charge in [0.25, 0.3) is 0 Å². The number of methoxy groups -OCH3 is 2. The Morgan fingerprint density at radius 1 is 1.16 bits per heavy atom. The van der Waals surface area contributed by atoms with Crippen LogP contribution in [0.15, 0.2) is 18.2 Å². The number of aliphatic hydroxyl groups excluding tert-OH is 1. The molecule has 1 N–H and O–H groups in total. The van der Waals surface area contributed by atoms with E-state index in [0.717, 1.165) is 43.0 Å². The van der Waals surface area contributed by atoms with E-state index in [1.54, 1.807) is 14.2 Å². The Morgan fingerprint density at radius 2 is 1.79 bits per heavy atom. The Hall–Kier alpha value is -1.26. The van der Waals surface area contributed by atoms with Crippen molar-refractivity contribution in [2.24, 2.45) is 0 Å². The first kappa shape index (κ1) is 14.2. The molecule has 4 heteroatoms. The maximum Gasteiger partial charge on any atom is 0.161 e. The third kappa shape index (κ3) is 2.69. The van der Waals surface area contributed by atoms with E-state index >= 15 is 0 Å². The predicted molar refractivity (Wildman–Crippen MR) is 75.0 cm³/mol. The monoisotopic (exact) mass is 265 g/mol. The summed E-state index contributed by atoms with van der Waals surface area (Å²) in [6, 6.07) is 5.97. The van der Waals surface area contributed by atoms with Gasteiger partial charge in [0.1, 0.15) is 0 Å². The molecule has 0 saturated carbocycles. The van der Waals surface area contributed by atoms with Crippen LogP contribution in [0.4, 0.5) is 0 Å². The van der Waals surface area contributed by atoms with E-state index in [1.807, 2.05) is 18.2 Å². The predicted octanol–water partition coefficient (Wildman–Crippen LogP) is 1.66. The second-order valence-electron chi connectivity index (χ2n) is 5.31. The standard InChI is InChI=1S/C15H23NO3/c1-16-8-6-15(11-17,7-9-16)12-4-5-13(18-2)14(10-12)19-3/h4-5,10,17H,6-9,11H2,1-3H3. The average Bonchev–Trinajstić information content (AvgIpc) is 2.47. The fraction of sp³-hybridized carbons (Fsp3) is 0.600. The molecule has 0 atom stereocenters. The van der Waals surface area contributed by atoms with Gasteiger partial charge in [0, 0.05) is 5.41 Å². The Balaban J connectivity index is 2.33. The molecule has 1 aromatic rings. The van der Waals surface area contributed by atoms with Crippen LogP contribution < -0.4 is 9.47 Å². The normalized spacial score (nSPS) is 19.2. The second-order valence-corrected chi connectivity index (χ2v) is 5.31. The minimum atomic E-state index is -0.147. The minimum absolute atomic E-state index is 0.147. The Morgan fingerprint density at radius 3 is 2.32 bits per heavy atom. The Bertz CT molecular complexity index is 425. The smallest absolute Gasteiger partial charge is 0.161 e. The van der Waals surface area contributed by atoms with E-state index in [9.17, 15) is 5.11 Å². The highest BCUT2D eigenvalue weighted by Crippen LogP contribution is 2.39. The largest absolute Gasteiger partial charge is 0.493 e. The van der Waals surface area contributed by atoms with Gasteiger partial charge in [-0.1, -0.05) is 6.07 Å². The van der Waals surface area contributed by atoms with Crippen LogP contribution in [0.25, 0.3) is 0 Å². The Labute approximate surface area is 114 Å². The number of hydrogen-bond donors (Lipinski definition) is 1. The van der Waals surface area contributed by atoms with E-state index in [1.165, 1.54) is 0 Å². The summed E-state index contributed by atoms with van der Waals surface area (Å²) in [5.41, 5.74) is 0.993. The molecule has 4 nitrogen and oxygen atoms in total. The van der Waals surface area contributed by atoms with E-state index in [2.05, 4.69) is 11.9 Å². The molecule has 0 aromatic heterocycles. The van der Waals surface area contributed by atoms with Crippen molar-refractivity contribution in [2.45, 2.75) is 18.3 Å². The summed E-state index contributed by atoms with van der Waals surface area (Å²) in [6.45, 7) is 2.19. The van der Waals surface area contributed by atoms with Crippen LogP contribution in [-0.4, -0.2) is 51.0 Å². The molecule has 0 bridgehead atoms. The molecule has 1 fully saturated rings. The van der Waals surface area contributed by atoms with Crippen molar-refractivity contribution in [3.8, 4) is 11.5 Å². The summed E-state index contributed by atoms with van der Waals surface area (Å²) in [5.74, 6) is 1.46. The first-order chi connectivity index (χ1) is 9.15. The molecule has 1 heterocycles. The summed E-state index contributed by atoms with van der Waals surface area (Å²) >= 11 is 0. The number of likely N-dealkylation sites (tertiary alicyclic amines) is 1. The summed E-state index contributed by atoms with van der Waals surface area (Å²) in [5, 5.41) is 9.88. The van der Waals surface area contributed by atoms with Crippen LogP contribution in [0.3, 0.4) is 0 Å². The average molecular weight is 265 g/mol. The molecule has 0 aliphatic carbocycles. The van der Waals surface area contributed by atoms with E-state index in [-0.39, 0.29) is 12.0 Å². The molecule has 1 saturated heterocycles. The fourth-order valence-corrected chi connectivity index (χ4v) is 2.75. The number of piperidine rings is 1. The number of benzene rings is 1. The van der Waals surface area contributed by atoms with Gasteiger partial charge in [-0.2, -0.15) is 0 Å². The van der Waals surface area contributed by atoms with Crippen molar-refractivity contribution in [3.63, 3.8) is 0 Å². The zero-order valence-corrected chi connectivity index (χ0v) is 12.0. The van der Waals surface area contributed by atoms with Crippen LogP contribution in [0.2, 0.25) is 0 Å². The summed E-state index contributed by atoms with van der Waals surface area (Å²) in [7, 11) is 5.40. The highest BCUT2D eigenvalue weighted by molar-refractivity contribution is 5.45. The van der Waals surface area contributed by atoms with Gasteiger partial charge in [-0.05, 0) is 50.7 Å². The van der Waals surface area contributed by atoms with E-state index in [0.29, 0.717) is 0 Å². The lowest BCUT2D eigenvalue weighted by Crippen LogP contribution is -2.43. The lowest BCUT2D eigenvalue weighted by Gasteiger charge is -2.40. The van der Waals surface area contributed by atoms with Gasteiger partial charge in [0.2, 0.25) is 0 Å². The quantitative estimate of drug-likeness (QED) is 0.899. The lowest BCUT2D eigenvalue weighted by molar-refractivity contribution is 0.114. The van der Waals surface area contributed by atoms with Crippen molar-refractivity contribution in [1.29, 1.82) is 0 Å². The maximum atomic E-state index is 9.88. The van der Waals surface area contributed by atoms with Gasteiger partial charge in [0.05, 0.1) is 20.8 Å². The number of aliphatic hydroxyl groups is 1. The molecule has 106 valence electrons. The van der Waals surface area contributed by atoms with Crippen molar-refractivity contribution in [2.75, 3.05) is 41.0 Å². The molecule has 2 rings (SSSR count). The van der Waals surface area contributed by atoms with Crippen molar-refractivity contribution in [1.82, 2.24) is 4.90 Å². The van der Waals surface area contributed by atoms with Crippen LogP contribution in [0.5, 0.6) is 11.5 Å². The van der Waals surface area contributed by atoms with E-state index in [4.69, 9.17) is 9.47 Å². The van der Waals surface area contributed by atoms with Crippen LogP contribution in [0, 0.1) is 0 Å². The number of nitrogens with zero attached hydrogens (tertiary/aromatic N) is 1. The van der Waals surface area contributed by atoms with Gasteiger partial charge >= 0.3 is 0 Å². The Kier molecular flexibility index (Phi) is 4.32. The first-order valence-electron chi connectivity index (χ1n) is 6.67. The van der Waals surface area contributed by atoms with Gasteiger partial charge in [-0.25, -0.2) is 0 Å². The lowest BCUT2D eigenvalue weighted by atomic mass is 9.73. The third-order valence-corrected chi connectivity index (χ3v) is 4.24. The van der Waals surface area contributed by atoms with Gasteiger partial charge < -0.3 is 19.5 Å².